The highest BCUT2D eigenvalue weighted by molar-refractivity contribution is 6.20. The van der Waals surface area contributed by atoms with E-state index in [0.29, 0.717) is 41.8 Å². The highest BCUT2D eigenvalue weighted by Gasteiger charge is 2.30. The molecule has 2 amide bonds. The van der Waals surface area contributed by atoms with Crippen molar-refractivity contribution in [1.29, 1.82) is 0 Å². The molecule has 0 radical (unpaired) electrons. The van der Waals surface area contributed by atoms with E-state index < -0.39 is 11.7 Å². The number of rotatable bonds is 4. The van der Waals surface area contributed by atoms with E-state index in [9.17, 15) is 9.59 Å². The first-order chi connectivity index (χ1) is 20.2. The first-order valence-corrected chi connectivity index (χ1v) is 14.3. The van der Waals surface area contributed by atoms with Crippen LogP contribution in [0.1, 0.15) is 56.1 Å². The molecule has 10 heteroatoms. The summed E-state index contributed by atoms with van der Waals surface area (Å²) in [5, 5.41) is 6.03. The summed E-state index contributed by atoms with van der Waals surface area (Å²) in [4.78, 5) is 36.8. The van der Waals surface area contributed by atoms with Gasteiger partial charge >= 0.3 is 6.09 Å². The van der Waals surface area contributed by atoms with Crippen molar-refractivity contribution in [1.82, 2.24) is 10.3 Å². The Hall–Kier alpha value is -4.60. The first kappa shape index (κ1) is 28.9. The van der Waals surface area contributed by atoms with Crippen molar-refractivity contribution in [3.05, 3.63) is 65.9 Å². The lowest BCUT2D eigenvalue weighted by atomic mass is 10.1. The number of aromatic nitrogens is 1. The fourth-order valence-corrected chi connectivity index (χ4v) is 4.87. The molecule has 0 unspecified atom stereocenters. The smallest absolute Gasteiger partial charge is 0.407 e. The number of pyridine rings is 1. The lowest BCUT2D eigenvalue weighted by Gasteiger charge is -2.22. The average molecular weight is 572 g/mol. The number of aryl methyl sites for hydroxylation is 1. The number of amides is 2. The maximum absolute atomic E-state index is 13.5. The molecule has 5 rings (SSSR count). The number of nitrogens with one attached hydrogen (secondary N) is 2. The number of benzene rings is 2. The van der Waals surface area contributed by atoms with Crippen molar-refractivity contribution >= 4 is 29.3 Å². The summed E-state index contributed by atoms with van der Waals surface area (Å²) < 4.78 is 17.5. The van der Waals surface area contributed by atoms with Crippen LogP contribution in [0.4, 0.5) is 16.2 Å². The molecule has 2 N–H and O–H groups in total. The Labute approximate surface area is 246 Å². The molecule has 3 heterocycles. The first-order valence-electron chi connectivity index (χ1n) is 14.3. The van der Waals surface area contributed by atoms with Crippen LogP contribution >= 0.6 is 0 Å². The molecule has 0 fully saturated rings. The maximum atomic E-state index is 13.5. The molecule has 0 spiro atoms. The number of hydrogen-bond donors (Lipinski definition) is 2. The third kappa shape index (κ3) is 6.99. The molecular weight excluding hydrogens is 534 g/mol. The van der Waals surface area contributed by atoms with E-state index in [1.54, 1.807) is 12.1 Å². The largest absolute Gasteiger partial charge is 0.493 e. The zero-order chi connectivity index (χ0) is 29.7. The molecule has 2 aliphatic rings. The van der Waals surface area contributed by atoms with E-state index in [1.165, 1.54) is 0 Å². The maximum Gasteiger partial charge on any atom is 0.407 e. The van der Waals surface area contributed by atoms with E-state index in [1.807, 2.05) is 75.1 Å². The van der Waals surface area contributed by atoms with Crippen molar-refractivity contribution in [2.75, 3.05) is 36.5 Å². The Bertz CT molecular complexity index is 1500. The second-order valence-electron chi connectivity index (χ2n) is 11.2. The minimum absolute atomic E-state index is 0.242. The highest BCUT2D eigenvalue weighted by Crippen LogP contribution is 2.41. The quantitative estimate of drug-likeness (QED) is 0.369. The van der Waals surface area contributed by atoms with Crippen LogP contribution in [0.25, 0.3) is 11.3 Å². The summed E-state index contributed by atoms with van der Waals surface area (Å²) >= 11 is 0. The number of ether oxygens (including phenoxy) is 3. The fourth-order valence-electron chi connectivity index (χ4n) is 4.87. The summed E-state index contributed by atoms with van der Waals surface area (Å²) in [6.45, 7) is 9.03. The van der Waals surface area contributed by atoms with E-state index in [2.05, 4.69) is 20.6 Å². The van der Waals surface area contributed by atoms with Gasteiger partial charge in [0.2, 0.25) is 5.96 Å². The topological polar surface area (TPSA) is 114 Å². The monoisotopic (exact) mass is 571 g/mol. The van der Waals surface area contributed by atoms with Crippen molar-refractivity contribution in [2.45, 2.75) is 52.6 Å². The zero-order valence-electron chi connectivity index (χ0n) is 24.5. The van der Waals surface area contributed by atoms with Crippen LogP contribution in [0, 0.1) is 6.92 Å². The van der Waals surface area contributed by atoms with Crippen LogP contribution in [-0.2, 0) is 4.74 Å². The molecule has 0 saturated heterocycles. The second-order valence-corrected chi connectivity index (χ2v) is 11.2. The van der Waals surface area contributed by atoms with Gasteiger partial charge in [-0.05, 0) is 83.4 Å². The lowest BCUT2D eigenvalue weighted by molar-refractivity contribution is 0.0520. The molecule has 2 aromatic carbocycles. The van der Waals surface area contributed by atoms with Crippen molar-refractivity contribution < 1.29 is 23.8 Å². The number of para-hydroxylation sites is 2. The van der Waals surface area contributed by atoms with E-state index in [4.69, 9.17) is 14.2 Å². The van der Waals surface area contributed by atoms with Crippen LogP contribution in [0.5, 0.6) is 11.5 Å². The SMILES string of the molecule is Cc1cc2cc(n1)-c1ccccc1OCCCCCN1/C(=N/C2=O)Nc2cccc(OCCNC(=O)OC(C)(C)C)c21. The highest BCUT2D eigenvalue weighted by atomic mass is 16.6. The summed E-state index contributed by atoms with van der Waals surface area (Å²) in [5.74, 6) is 1.44. The molecule has 10 nitrogen and oxygen atoms in total. The van der Waals surface area contributed by atoms with Crippen molar-refractivity contribution in [3.8, 4) is 22.8 Å². The summed E-state index contributed by atoms with van der Waals surface area (Å²) in [6.07, 6.45) is 2.14. The van der Waals surface area contributed by atoms with E-state index in [0.717, 1.165) is 42.0 Å². The van der Waals surface area contributed by atoms with Crippen LogP contribution in [0.2, 0.25) is 0 Å². The minimum atomic E-state index is -0.574. The Morgan fingerprint density at radius 1 is 1.10 bits per heavy atom. The number of nitrogens with zero attached hydrogens (tertiary/aromatic N) is 3. The molecule has 1 aromatic heterocycles. The molecule has 2 aliphatic heterocycles. The molecule has 0 atom stereocenters. The summed E-state index contributed by atoms with van der Waals surface area (Å²) in [7, 11) is 0. The summed E-state index contributed by atoms with van der Waals surface area (Å²) in [6, 6.07) is 17.0. The van der Waals surface area contributed by atoms with E-state index in [-0.39, 0.29) is 19.1 Å². The Kier molecular flexibility index (Phi) is 8.61. The molecular formula is C32H37N5O5. The third-order valence-electron chi connectivity index (χ3n) is 6.65. The number of guanidine groups is 1. The van der Waals surface area contributed by atoms with Gasteiger partial charge in [0, 0.05) is 23.4 Å². The van der Waals surface area contributed by atoms with Gasteiger partial charge in [0.15, 0.2) is 0 Å². The van der Waals surface area contributed by atoms with Crippen LogP contribution < -0.4 is 25.0 Å². The molecule has 0 saturated carbocycles. The van der Waals surface area contributed by atoms with Crippen LogP contribution in [0.15, 0.2) is 59.6 Å². The Balaban J connectivity index is 1.40. The molecule has 0 aliphatic carbocycles. The van der Waals surface area contributed by atoms with Gasteiger partial charge in [-0.2, -0.15) is 4.99 Å². The van der Waals surface area contributed by atoms with E-state index >= 15 is 0 Å². The number of alkyl carbamates (subject to hydrolysis) is 1. The number of anilines is 2. The number of fused-ring (bicyclic) bond motifs is 7. The molecule has 3 aromatic rings. The molecule has 220 valence electrons. The van der Waals surface area contributed by atoms with Crippen LogP contribution in [0.3, 0.4) is 0 Å². The van der Waals surface area contributed by atoms with Crippen LogP contribution in [-0.4, -0.2) is 54.8 Å². The van der Waals surface area contributed by atoms with Crippen molar-refractivity contribution in [3.63, 3.8) is 0 Å². The van der Waals surface area contributed by atoms with Gasteiger partial charge < -0.3 is 29.7 Å². The molecule has 2 bridgehead atoms. The zero-order valence-corrected chi connectivity index (χ0v) is 24.5. The van der Waals surface area contributed by atoms with Gasteiger partial charge in [0.05, 0.1) is 24.5 Å². The van der Waals surface area contributed by atoms with Crippen molar-refractivity contribution in [2.24, 2.45) is 4.99 Å². The lowest BCUT2D eigenvalue weighted by Crippen LogP contribution is -2.35. The summed E-state index contributed by atoms with van der Waals surface area (Å²) in [5.41, 5.74) is 3.69. The normalized spacial score (nSPS) is 16.2. The second kappa shape index (κ2) is 12.5. The number of aliphatic imine (C=N–C) groups is 1. The Morgan fingerprint density at radius 3 is 2.76 bits per heavy atom. The minimum Gasteiger partial charge on any atom is -0.493 e. The van der Waals surface area contributed by atoms with Gasteiger partial charge in [0.1, 0.15) is 29.4 Å². The van der Waals surface area contributed by atoms with Gasteiger partial charge in [-0.1, -0.05) is 18.2 Å². The number of hydrogen-bond acceptors (Lipinski definition) is 8. The van der Waals surface area contributed by atoms with Gasteiger partial charge in [-0.3, -0.25) is 9.78 Å². The standard InChI is InChI=1S/C32H37N5O5/c1-21-19-22-20-25(34-21)23-11-6-7-13-26(23)40-17-9-5-8-16-37-28-24(35-30(37)36-29(22)38)12-10-14-27(28)41-18-15-33-31(39)42-32(2,3)4/h6-7,10-14,19-20H,5,8-9,15-18H2,1-4H3,(H,33,39)(H,35,36,38). The van der Waals surface area contributed by atoms with Gasteiger partial charge in [-0.15, -0.1) is 0 Å². The van der Waals surface area contributed by atoms with Gasteiger partial charge in [-0.25, -0.2) is 4.79 Å². The predicted molar refractivity (Wildman–Crippen MR) is 163 cm³/mol. The molecule has 42 heavy (non-hydrogen) atoms. The number of carbonyl (C=O) groups is 2. The Morgan fingerprint density at radius 2 is 1.93 bits per heavy atom. The number of carbonyl (C=O) groups excluding carboxylic acids is 2. The third-order valence-corrected chi connectivity index (χ3v) is 6.65. The predicted octanol–water partition coefficient (Wildman–Crippen LogP) is 5.95. The average Bonchev–Trinajstić information content (AvgIpc) is 3.28. The fraction of sp³-hybridized carbons (Fsp3) is 0.375. The van der Waals surface area contributed by atoms with Gasteiger partial charge in [0.25, 0.3) is 5.91 Å².